The maximum absolute atomic E-state index is 12.2. The molecule has 2 rings (SSSR count). The molecule has 0 aliphatic carbocycles. The zero-order valence-corrected chi connectivity index (χ0v) is 17.8. The average molecular weight is 432 g/mol. The summed E-state index contributed by atoms with van der Waals surface area (Å²) in [6.45, 7) is 3.66. The van der Waals surface area contributed by atoms with Gasteiger partial charge in [-0.3, -0.25) is 14.4 Å². The van der Waals surface area contributed by atoms with E-state index in [0.717, 1.165) is 16.7 Å². The fourth-order valence-corrected chi connectivity index (χ4v) is 3.24. The largest absolute Gasteiger partial charge is 0.481 e. The molecule has 0 spiro atoms. The van der Waals surface area contributed by atoms with Gasteiger partial charge < -0.3 is 15.2 Å². The standard InChI is InChI=1S/C23H26ClNO5/c1-3-30-23(29)15(2)20(25-21(26)11-12-22(27)28)13-16-7-9-17(10-8-16)18-5-4-6-19(24)14-18/h4-10,14-15,20H,3,11-13H2,1-2H3,(H,25,26)(H,27,28)/t15?,20-/m1/s1. The smallest absolute Gasteiger partial charge is 0.310 e. The van der Waals surface area contributed by atoms with Crippen LogP contribution in [0.1, 0.15) is 32.3 Å². The third-order valence-electron chi connectivity index (χ3n) is 4.74. The highest BCUT2D eigenvalue weighted by Gasteiger charge is 2.27. The van der Waals surface area contributed by atoms with Crippen molar-refractivity contribution in [2.24, 2.45) is 5.92 Å². The van der Waals surface area contributed by atoms with Crippen LogP contribution in [0.5, 0.6) is 0 Å². The fraction of sp³-hybridized carbons (Fsp3) is 0.348. The van der Waals surface area contributed by atoms with Crippen molar-refractivity contribution in [1.29, 1.82) is 0 Å². The lowest BCUT2D eigenvalue weighted by atomic mass is 9.93. The van der Waals surface area contributed by atoms with Gasteiger partial charge in [-0.25, -0.2) is 0 Å². The Morgan fingerprint density at radius 1 is 1.07 bits per heavy atom. The second kappa shape index (κ2) is 11.4. The van der Waals surface area contributed by atoms with Gasteiger partial charge in [-0.05, 0) is 49.1 Å². The van der Waals surface area contributed by atoms with E-state index < -0.39 is 29.8 Å². The molecule has 2 aromatic rings. The highest BCUT2D eigenvalue weighted by Crippen LogP contribution is 2.24. The van der Waals surface area contributed by atoms with Crippen LogP contribution in [0.2, 0.25) is 5.02 Å². The second-order valence-electron chi connectivity index (χ2n) is 7.02. The summed E-state index contributed by atoms with van der Waals surface area (Å²) in [5.74, 6) is -2.44. The van der Waals surface area contributed by atoms with Crippen LogP contribution in [0, 0.1) is 5.92 Å². The van der Waals surface area contributed by atoms with Crippen molar-refractivity contribution in [2.75, 3.05) is 6.61 Å². The molecule has 0 aliphatic rings. The minimum Gasteiger partial charge on any atom is -0.481 e. The fourth-order valence-electron chi connectivity index (χ4n) is 3.05. The Balaban J connectivity index is 2.14. The minimum atomic E-state index is -1.04. The van der Waals surface area contributed by atoms with Crippen LogP contribution in [0.3, 0.4) is 0 Å². The van der Waals surface area contributed by atoms with Crippen LogP contribution in [0.25, 0.3) is 11.1 Å². The minimum absolute atomic E-state index is 0.144. The van der Waals surface area contributed by atoms with Crippen molar-refractivity contribution in [2.45, 2.75) is 39.2 Å². The number of benzene rings is 2. The molecule has 0 fully saturated rings. The maximum Gasteiger partial charge on any atom is 0.310 e. The van der Waals surface area contributed by atoms with Crippen molar-refractivity contribution < 1.29 is 24.2 Å². The summed E-state index contributed by atoms with van der Waals surface area (Å²) < 4.78 is 5.09. The molecule has 160 valence electrons. The number of ether oxygens (including phenoxy) is 1. The zero-order valence-electron chi connectivity index (χ0n) is 17.1. The van der Waals surface area contributed by atoms with Gasteiger partial charge in [-0.15, -0.1) is 0 Å². The Morgan fingerprint density at radius 3 is 2.37 bits per heavy atom. The molecule has 0 aromatic heterocycles. The number of esters is 1. The lowest BCUT2D eigenvalue weighted by Gasteiger charge is -2.24. The van der Waals surface area contributed by atoms with E-state index >= 15 is 0 Å². The third kappa shape index (κ3) is 7.19. The van der Waals surface area contributed by atoms with E-state index in [1.165, 1.54) is 0 Å². The van der Waals surface area contributed by atoms with Crippen LogP contribution < -0.4 is 5.32 Å². The number of hydrogen-bond donors (Lipinski definition) is 2. The van der Waals surface area contributed by atoms with Crippen molar-refractivity contribution >= 4 is 29.4 Å². The van der Waals surface area contributed by atoms with Gasteiger partial charge >= 0.3 is 11.9 Å². The predicted molar refractivity (Wildman–Crippen MR) is 115 cm³/mol. The van der Waals surface area contributed by atoms with Crippen LogP contribution in [-0.4, -0.2) is 35.6 Å². The van der Waals surface area contributed by atoms with Gasteiger partial charge in [0.2, 0.25) is 5.91 Å². The zero-order chi connectivity index (χ0) is 22.1. The lowest BCUT2D eigenvalue weighted by molar-refractivity contribution is -0.148. The molecule has 2 aromatic carbocycles. The number of carboxylic acid groups (broad SMARTS) is 1. The number of halogens is 1. The lowest BCUT2D eigenvalue weighted by Crippen LogP contribution is -2.44. The molecule has 2 N–H and O–H groups in total. The van der Waals surface area contributed by atoms with Crippen molar-refractivity contribution in [1.82, 2.24) is 5.32 Å². The quantitative estimate of drug-likeness (QED) is 0.552. The molecule has 30 heavy (non-hydrogen) atoms. The molecule has 7 heteroatoms. The molecule has 0 saturated carbocycles. The van der Waals surface area contributed by atoms with Gasteiger partial charge in [0, 0.05) is 17.5 Å². The summed E-state index contributed by atoms with van der Waals surface area (Å²) in [6.07, 6.45) is 0.00434. The number of aliphatic carboxylic acids is 1. The first-order chi connectivity index (χ1) is 14.3. The topological polar surface area (TPSA) is 92.7 Å². The number of carbonyl (C=O) groups excluding carboxylic acids is 2. The molecule has 0 saturated heterocycles. The molecular formula is C23H26ClNO5. The Hall–Kier alpha value is -2.86. The number of hydrogen-bond acceptors (Lipinski definition) is 4. The molecule has 6 nitrogen and oxygen atoms in total. The molecule has 1 unspecified atom stereocenters. The van der Waals surface area contributed by atoms with Gasteiger partial charge in [-0.2, -0.15) is 0 Å². The van der Waals surface area contributed by atoms with E-state index in [4.69, 9.17) is 21.4 Å². The van der Waals surface area contributed by atoms with E-state index in [1.807, 2.05) is 48.5 Å². The summed E-state index contributed by atoms with van der Waals surface area (Å²) in [5, 5.41) is 12.2. The first-order valence-corrected chi connectivity index (χ1v) is 10.2. The summed E-state index contributed by atoms with van der Waals surface area (Å²) in [7, 11) is 0. The van der Waals surface area contributed by atoms with E-state index in [0.29, 0.717) is 11.4 Å². The molecule has 0 radical (unpaired) electrons. The molecule has 0 aliphatic heterocycles. The van der Waals surface area contributed by atoms with Gasteiger partial charge in [0.15, 0.2) is 0 Å². The number of carbonyl (C=O) groups is 3. The van der Waals surface area contributed by atoms with Crippen LogP contribution in [0.15, 0.2) is 48.5 Å². The Labute approximate surface area is 181 Å². The monoisotopic (exact) mass is 431 g/mol. The molecule has 0 heterocycles. The van der Waals surface area contributed by atoms with Crippen LogP contribution in [0.4, 0.5) is 0 Å². The van der Waals surface area contributed by atoms with E-state index in [1.54, 1.807) is 13.8 Å². The highest BCUT2D eigenvalue weighted by molar-refractivity contribution is 6.30. The normalized spacial score (nSPS) is 12.6. The number of nitrogens with one attached hydrogen (secondary N) is 1. The molecule has 1 amide bonds. The second-order valence-corrected chi connectivity index (χ2v) is 7.46. The molecular weight excluding hydrogens is 406 g/mol. The van der Waals surface area contributed by atoms with Gasteiger partial charge in [-0.1, -0.05) is 48.0 Å². The Morgan fingerprint density at radius 2 is 1.77 bits per heavy atom. The molecule has 2 atom stereocenters. The van der Waals surface area contributed by atoms with E-state index in [-0.39, 0.29) is 19.4 Å². The Kier molecular flexibility index (Phi) is 8.87. The maximum atomic E-state index is 12.2. The summed E-state index contributed by atoms with van der Waals surface area (Å²) in [4.78, 5) is 35.1. The Bertz CT molecular complexity index is 881. The van der Waals surface area contributed by atoms with Crippen molar-refractivity contribution in [3.05, 3.63) is 59.1 Å². The third-order valence-corrected chi connectivity index (χ3v) is 4.98. The van der Waals surface area contributed by atoms with E-state index in [2.05, 4.69) is 5.32 Å². The van der Waals surface area contributed by atoms with Gasteiger partial charge in [0.25, 0.3) is 0 Å². The highest BCUT2D eigenvalue weighted by atomic mass is 35.5. The van der Waals surface area contributed by atoms with Crippen molar-refractivity contribution in [3.8, 4) is 11.1 Å². The van der Waals surface area contributed by atoms with Gasteiger partial charge in [0.1, 0.15) is 0 Å². The first-order valence-electron chi connectivity index (χ1n) is 9.82. The molecule has 0 bridgehead atoms. The average Bonchev–Trinajstić information content (AvgIpc) is 2.72. The van der Waals surface area contributed by atoms with Crippen LogP contribution in [-0.2, 0) is 25.5 Å². The van der Waals surface area contributed by atoms with E-state index in [9.17, 15) is 14.4 Å². The first kappa shape index (κ1) is 23.4. The SMILES string of the molecule is CCOC(=O)C(C)[C@@H](Cc1ccc(-c2cccc(Cl)c2)cc1)NC(=O)CCC(=O)O. The van der Waals surface area contributed by atoms with Gasteiger partial charge in [0.05, 0.1) is 18.9 Å². The van der Waals surface area contributed by atoms with Crippen molar-refractivity contribution in [3.63, 3.8) is 0 Å². The predicted octanol–water partition coefficient (Wildman–Crippen LogP) is 4.10. The summed E-state index contributed by atoms with van der Waals surface area (Å²) in [5.41, 5.74) is 2.93. The van der Waals surface area contributed by atoms with Crippen LogP contribution >= 0.6 is 11.6 Å². The number of rotatable bonds is 10. The number of carboxylic acids is 1. The summed E-state index contributed by atoms with van der Waals surface area (Å²) >= 11 is 6.06. The summed E-state index contributed by atoms with van der Waals surface area (Å²) in [6, 6.07) is 14.8. The number of amides is 1.